The van der Waals surface area contributed by atoms with Crippen LogP contribution in [0.25, 0.3) is 0 Å². The van der Waals surface area contributed by atoms with Crippen LogP contribution >= 0.6 is 0 Å². The zero-order valence-electron chi connectivity index (χ0n) is 11.4. The maximum absolute atomic E-state index is 9.74. The van der Waals surface area contributed by atoms with Crippen molar-refractivity contribution in [1.29, 1.82) is 0 Å². The van der Waals surface area contributed by atoms with Gasteiger partial charge in [-0.1, -0.05) is 36.8 Å². The Labute approximate surface area is 110 Å². The van der Waals surface area contributed by atoms with Crippen LogP contribution in [0.15, 0.2) is 47.3 Å². The second-order valence-electron chi connectivity index (χ2n) is 5.11. The lowest BCUT2D eigenvalue weighted by molar-refractivity contribution is 0.390. The van der Waals surface area contributed by atoms with Crippen molar-refractivity contribution >= 4 is 0 Å². The summed E-state index contributed by atoms with van der Waals surface area (Å²) in [4.78, 5) is 0. The van der Waals surface area contributed by atoms with Crippen molar-refractivity contribution in [1.82, 2.24) is 5.32 Å². The Morgan fingerprint density at radius 2 is 2.39 bits per heavy atom. The van der Waals surface area contributed by atoms with Crippen LogP contribution in [0.5, 0.6) is 0 Å². The Balaban J connectivity index is 2.12. The molecule has 2 rings (SSSR count). The monoisotopic (exact) mass is 245 g/mol. The topological polar surface area (TPSA) is 32.3 Å². The zero-order chi connectivity index (χ0) is 13.1. The predicted octanol–water partition coefficient (Wildman–Crippen LogP) is 3.51. The molecule has 1 unspecified atom stereocenters. The molecule has 2 aliphatic carbocycles. The van der Waals surface area contributed by atoms with E-state index in [9.17, 15) is 5.11 Å². The molecule has 0 radical (unpaired) electrons. The molecule has 0 amide bonds. The molecule has 0 aromatic rings. The van der Waals surface area contributed by atoms with Gasteiger partial charge in [-0.25, -0.2) is 0 Å². The Kier molecular flexibility index (Phi) is 4.07. The number of likely N-dealkylation sites (N-methyl/N-ethyl adjacent to an activating group) is 1. The van der Waals surface area contributed by atoms with Gasteiger partial charge in [-0.05, 0) is 38.0 Å². The van der Waals surface area contributed by atoms with Crippen LogP contribution < -0.4 is 5.32 Å². The average molecular weight is 245 g/mol. The minimum atomic E-state index is 0.349. The molecular weight excluding hydrogens is 222 g/mol. The highest BCUT2D eigenvalue weighted by molar-refractivity contribution is 5.47. The molecule has 2 nitrogen and oxygen atoms in total. The third-order valence-corrected chi connectivity index (χ3v) is 3.88. The van der Waals surface area contributed by atoms with Crippen molar-refractivity contribution in [2.24, 2.45) is 11.8 Å². The first-order valence-corrected chi connectivity index (χ1v) is 6.80. The van der Waals surface area contributed by atoms with Gasteiger partial charge in [-0.2, -0.15) is 0 Å². The summed E-state index contributed by atoms with van der Waals surface area (Å²) >= 11 is 0. The van der Waals surface area contributed by atoms with Gasteiger partial charge in [0.25, 0.3) is 0 Å². The number of hydrogen-bond acceptors (Lipinski definition) is 2. The van der Waals surface area contributed by atoms with E-state index in [4.69, 9.17) is 0 Å². The number of rotatable bonds is 5. The smallest absolute Gasteiger partial charge is 0.103 e. The van der Waals surface area contributed by atoms with Crippen LogP contribution in [-0.2, 0) is 0 Å². The molecule has 0 heterocycles. The van der Waals surface area contributed by atoms with E-state index in [0.29, 0.717) is 24.1 Å². The third kappa shape index (κ3) is 2.59. The first kappa shape index (κ1) is 13.2. The Morgan fingerprint density at radius 3 is 3.06 bits per heavy atom. The van der Waals surface area contributed by atoms with Crippen LogP contribution in [0.4, 0.5) is 0 Å². The summed E-state index contributed by atoms with van der Waals surface area (Å²) in [5, 5.41) is 12.7. The number of allylic oxidation sites excluding steroid dienone is 6. The van der Waals surface area contributed by atoms with Gasteiger partial charge in [0, 0.05) is 11.8 Å². The van der Waals surface area contributed by atoms with E-state index in [-0.39, 0.29) is 0 Å². The number of nitrogens with one attached hydrogen (secondary N) is 1. The maximum atomic E-state index is 9.74. The van der Waals surface area contributed by atoms with Crippen molar-refractivity contribution in [3.05, 3.63) is 47.3 Å². The van der Waals surface area contributed by atoms with Gasteiger partial charge < -0.3 is 10.4 Å². The van der Waals surface area contributed by atoms with Gasteiger partial charge in [0.2, 0.25) is 0 Å². The summed E-state index contributed by atoms with van der Waals surface area (Å²) in [6.07, 6.45) is 9.87. The highest BCUT2D eigenvalue weighted by atomic mass is 16.3. The van der Waals surface area contributed by atoms with Crippen LogP contribution in [0, 0.1) is 11.8 Å². The summed E-state index contributed by atoms with van der Waals surface area (Å²) in [6, 6.07) is 0. The van der Waals surface area contributed by atoms with Gasteiger partial charge in [-0.15, -0.1) is 0 Å². The summed E-state index contributed by atoms with van der Waals surface area (Å²) < 4.78 is 0. The largest absolute Gasteiger partial charge is 0.511 e. The lowest BCUT2D eigenvalue weighted by atomic mass is 9.91. The fourth-order valence-corrected chi connectivity index (χ4v) is 2.86. The minimum absolute atomic E-state index is 0.349. The predicted molar refractivity (Wildman–Crippen MR) is 76.4 cm³/mol. The van der Waals surface area contributed by atoms with Crippen LogP contribution in [0.3, 0.4) is 0 Å². The quantitative estimate of drug-likeness (QED) is 0.574. The molecule has 2 heteroatoms. The highest BCUT2D eigenvalue weighted by Gasteiger charge is 2.43. The van der Waals surface area contributed by atoms with Crippen LogP contribution in [-0.4, -0.2) is 18.7 Å². The van der Waals surface area contributed by atoms with Crippen molar-refractivity contribution in [3.63, 3.8) is 0 Å². The fourth-order valence-electron chi connectivity index (χ4n) is 2.86. The van der Waals surface area contributed by atoms with Gasteiger partial charge in [0.05, 0.1) is 6.54 Å². The van der Waals surface area contributed by atoms with Crippen LogP contribution in [0.2, 0.25) is 0 Å². The molecule has 0 aliphatic heterocycles. The molecule has 2 atom stereocenters. The molecule has 1 saturated carbocycles. The Hall–Kier alpha value is -1.28. The summed E-state index contributed by atoms with van der Waals surface area (Å²) in [7, 11) is 1.84. The van der Waals surface area contributed by atoms with E-state index < -0.39 is 0 Å². The van der Waals surface area contributed by atoms with E-state index in [1.807, 2.05) is 13.1 Å². The molecule has 0 saturated heterocycles. The van der Waals surface area contributed by atoms with E-state index in [1.54, 1.807) is 5.57 Å². The van der Waals surface area contributed by atoms with Crippen LogP contribution in [0.1, 0.15) is 26.2 Å². The van der Waals surface area contributed by atoms with Crippen molar-refractivity contribution in [2.45, 2.75) is 26.2 Å². The molecule has 2 N–H and O–H groups in total. The van der Waals surface area contributed by atoms with Crippen molar-refractivity contribution in [2.75, 3.05) is 13.6 Å². The van der Waals surface area contributed by atoms with E-state index in [1.165, 1.54) is 11.1 Å². The van der Waals surface area contributed by atoms with Gasteiger partial charge in [0.15, 0.2) is 0 Å². The number of aliphatic hydroxyl groups excluding tert-OH is 1. The zero-order valence-corrected chi connectivity index (χ0v) is 11.4. The summed E-state index contributed by atoms with van der Waals surface area (Å²) in [6.45, 7) is 6.90. The van der Waals surface area contributed by atoms with E-state index in [2.05, 4.69) is 31.0 Å². The maximum Gasteiger partial charge on any atom is 0.103 e. The molecule has 98 valence electrons. The Bertz CT molecular complexity index is 428. The second-order valence-corrected chi connectivity index (χ2v) is 5.11. The lowest BCUT2D eigenvalue weighted by Gasteiger charge is -2.14. The van der Waals surface area contributed by atoms with Crippen molar-refractivity contribution in [3.8, 4) is 0 Å². The summed E-state index contributed by atoms with van der Waals surface area (Å²) in [5.74, 6) is 1.25. The molecule has 0 aromatic carbocycles. The Morgan fingerprint density at radius 1 is 1.61 bits per heavy atom. The molecule has 0 bridgehead atoms. The van der Waals surface area contributed by atoms with Gasteiger partial charge >= 0.3 is 0 Å². The van der Waals surface area contributed by atoms with Gasteiger partial charge in [-0.3, -0.25) is 0 Å². The van der Waals surface area contributed by atoms with Crippen molar-refractivity contribution < 1.29 is 5.11 Å². The summed E-state index contributed by atoms with van der Waals surface area (Å²) in [5.41, 5.74) is 4.27. The minimum Gasteiger partial charge on any atom is -0.511 e. The molecule has 1 fully saturated rings. The first-order chi connectivity index (χ1) is 8.69. The van der Waals surface area contributed by atoms with Gasteiger partial charge in [0.1, 0.15) is 5.76 Å². The second kappa shape index (κ2) is 5.57. The number of hydrogen-bond donors (Lipinski definition) is 2. The third-order valence-electron chi connectivity index (χ3n) is 3.88. The van der Waals surface area contributed by atoms with E-state index in [0.717, 1.165) is 19.3 Å². The SMILES string of the molecule is C=C1C(/C=C(/O)CNC)[C@H]1C1=C(CC)C=CCC1. The standard InChI is InChI=1S/C16H23NO/c1-4-12-7-5-6-8-14(12)16-11(2)15(16)9-13(18)10-17-3/h5,7,9,15-18H,2,4,6,8,10H2,1,3H3/b13-9+/t15?,16-/m1/s1. The van der Waals surface area contributed by atoms with E-state index >= 15 is 0 Å². The first-order valence-electron chi connectivity index (χ1n) is 6.80. The molecule has 0 aromatic heterocycles. The molecule has 18 heavy (non-hydrogen) atoms. The fraction of sp³-hybridized carbons (Fsp3) is 0.500. The molecule has 2 aliphatic rings. The number of aliphatic hydroxyl groups is 1. The lowest BCUT2D eigenvalue weighted by Crippen LogP contribution is -2.10. The average Bonchev–Trinajstić information content (AvgIpc) is 2.99. The highest BCUT2D eigenvalue weighted by Crippen LogP contribution is 2.53. The molecular formula is C16H23NO. The normalized spacial score (nSPS) is 27.9. The molecule has 0 spiro atoms.